The Morgan fingerprint density at radius 1 is 1.37 bits per heavy atom. The second-order valence-corrected chi connectivity index (χ2v) is 5.60. The molecule has 0 aliphatic heterocycles. The summed E-state index contributed by atoms with van der Waals surface area (Å²) in [7, 11) is 3.84. The summed E-state index contributed by atoms with van der Waals surface area (Å²) < 4.78 is 6.57. The molecule has 0 saturated heterocycles. The molecule has 0 aliphatic rings. The van der Waals surface area contributed by atoms with Gasteiger partial charge in [-0.25, -0.2) is 0 Å². The Morgan fingerprint density at radius 2 is 2.11 bits per heavy atom. The summed E-state index contributed by atoms with van der Waals surface area (Å²) in [5, 5.41) is 0.712. The van der Waals surface area contributed by atoms with Gasteiger partial charge in [0, 0.05) is 25.2 Å². The van der Waals surface area contributed by atoms with E-state index in [1.807, 2.05) is 50.2 Å². The maximum Gasteiger partial charge on any atom is 0.210 e. The molecule has 19 heavy (non-hydrogen) atoms. The van der Waals surface area contributed by atoms with Crippen LogP contribution in [0.4, 0.5) is 11.6 Å². The molecule has 100 valence electrons. The molecule has 1 aromatic carbocycles. The minimum atomic E-state index is 0.690. The fourth-order valence-electron chi connectivity index (χ4n) is 1.61. The van der Waals surface area contributed by atoms with Gasteiger partial charge in [-0.2, -0.15) is 0 Å². The highest BCUT2D eigenvalue weighted by molar-refractivity contribution is 9.10. The van der Waals surface area contributed by atoms with E-state index in [0.29, 0.717) is 10.8 Å². The first-order chi connectivity index (χ1) is 8.99. The van der Waals surface area contributed by atoms with Crippen LogP contribution in [0, 0.1) is 6.92 Å². The van der Waals surface area contributed by atoms with Crippen molar-refractivity contribution in [3.8, 4) is 0 Å². The lowest BCUT2D eigenvalue weighted by Gasteiger charge is -2.07. The van der Waals surface area contributed by atoms with Crippen molar-refractivity contribution in [3.63, 3.8) is 0 Å². The van der Waals surface area contributed by atoms with Crippen molar-refractivity contribution in [1.29, 1.82) is 0 Å². The molecule has 2 aromatic rings. The minimum absolute atomic E-state index is 0.690. The zero-order valence-electron chi connectivity index (χ0n) is 10.9. The average molecular weight is 342 g/mol. The van der Waals surface area contributed by atoms with Crippen molar-refractivity contribution in [3.05, 3.63) is 45.1 Å². The highest BCUT2D eigenvalue weighted by Gasteiger charge is 2.09. The van der Waals surface area contributed by atoms with E-state index in [4.69, 9.17) is 16.0 Å². The molecule has 0 saturated carbocycles. The van der Waals surface area contributed by atoms with Crippen LogP contribution in [0.15, 0.2) is 38.1 Å². The van der Waals surface area contributed by atoms with Gasteiger partial charge >= 0.3 is 0 Å². The first-order valence-corrected chi connectivity index (χ1v) is 6.92. The fourth-order valence-corrected chi connectivity index (χ4v) is 2.44. The summed E-state index contributed by atoms with van der Waals surface area (Å²) in [5.74, 6) is 1.46. The molecule has 0 aliphatic carbocycles. The third-order valence-electron chi connectivity index (χ3n) is 2.66. The molecular weight excluding hydrogens is 328 g/mol. The highest BCUT2D eigenvalue weighted by Crippen LogP contribution is 2.29. The van der Waals surface area contributed by atoms with Gasteiger partial charge in [0.05, 0.1) is 16.4 Å². The third kappa shape index (κ3) is 3.19. The van der Waals surface area contributed by atoms with Crippen LogP contribution in [0.5, 0.6) is 0 Å². The van der Waals surface area contributed by atoms with Gasteiger partial charge in [0.1, 0.15) is 5.76 Å². The Hall–Kier alpha value is -1.26. The van der Waals surface area contributed by atoms with Gasteiger partial charge in [-0.1, -0.05) is 17.7 Å². The lowest BCUT2D eigenvalue weighted by Crippen LogP contribution is -2.07. The molecule has 1 heterocycles. The normalized spacial score (nSPS) is 11.2. The van der Waals surface area contributed by atoms with Crippen molar-refractivity contribution >= 4 is 45.3 Å². The molecule has 2 rings (SSSR count). The molecule has 1 aromatic heterocycles. The molecule has 0 radical (unpaired) electrons. The van der Waals surface area contributed by atoms with Crippen molar-refractivity contribution < 1.29 is 4.42 Å². The van der Waals surface area contributed by atoms with E-state index in [9.17, 15) is 0 Å². The van der Waals surface area contributed by atoms with Gasteiger partial charge in [-0.15, -0.1) is 0 Å². The zero-order valence-corrected chi connectivity index (χ0v) is 13.3. The largest absolute Gasteiger partial charge is 0.438 e. The standard InChI is InChI=1S/C14H14BrClN2O/c1-9-12(16)5-4-6-13(9)17-8-10-7-11(15)14(19-10)18(2)3/h4-8H,1-3H3. The maximum atomic E-state index is 6.05. The maximum absolute atomic E-state index is 6.05. The summed E-state index contributed by atoms with van der Waals surface area (Å²) in [6, 6.07) is 7.54. The summed E-state index contributed by atoms with van der Waals surface area (Å²) in [6.45, 7) is 1.94. The molecule has 0 bridgehead atoms. The molecule has 3 nitrogen and oxygen atoms in total. The van der Waals surface area contributed by atoms with Crippen LogP contribution < -0.4 is 4.90 Å². The summed E-state index contributed by atoms with van der Waals surface area (Å²) in [4.78, 5) is 6.30. The number of furan rings is 1. The van der Waals surface area contributed by atoms with E-state index in [1.165, 1.54) is 0 Å². The Balaban J connectivity index is 2.28. The molecule has 0 N–H and O–H groups in total. The fraction of sp³-hybridized carbons (Fsp3) is 0.214. The Morgan fingerprint density at radius 3 is 2.74 bits per heavy atom. The number of hydrogen-bond donors (Lipinski definition) is 0. The summed E-state index contributed by atoms with van der Waals surface area (Å²) in [5.41, 5.74) is 1.80. The van der Waals surface area contributed by atoms with Gasteiger partial charge in [0.15, 0.2) is 0 Å². The lowest BCUT2D eigenvalue weighted by molar-refractivity contribution is 0.557. The molecule has 5 heteroatoms. The molecule has 0 atom stereocenters. The molecule has 0 spiro atoms. The van der Waals surface area contributed by atoms with E-state index in [2.05, 4.69) is 20.9 Å². The van der Waals surface area contributed by atoms with Crippen LogP contribution in [0.2, 0.25) is 5.02 Å². The number of rotatable bonds is 3. The third-order valence-corrected chi connectivity index (χ3v) is 3.64. The monoisotopic (exact) mass is 340 g/mol. The Kier molecular flexibility index (Phi) is 4.32. The lowest BCUT2D eigenvalue weighted by atomic mass is 10.2. The van der Waals surface area contributed by atoms with Crippen LogP contribution in [0.1, 0.15) is 11.3 Å². The van der Waals surface area contributed by atoms with Crippen LogP contribution in [0.25, 0.3) is 0 Å². The quantitative estimate of drug-likeness (QED) is 0.749. The van der Waals surface area contributed by atoms with Crippen molar-refractivity contribution in [1.82, 2.24) is 0 Å². The number of hydrogen-bond acceptors (Lipinski definition) is 3. The number of aliphatic imine (C=N–C) groups is 1. The molecule has 0 amide bonds. The van der Waals surface area contributed by atoms with Crippen molar-refractivity contribution in [2.24, 2.45) is 4.99 Å². The van der Waals surface area contributed by atoms with Crippen molar-refractivity contribution in [2.45, 2.75) is 6.92 Å². The Labute approximate surface area is 126 Å². The summed E-state index contributed by atoms with van der Waals surface area (Å²) in [6.07, 6.45) is 1.69. The first-order valence-electron chi connectivity index (χ1n) is 5.75. The highest BCUT2D eigenvalue weighted by atomic mass is 79.9. The Bertz CT molecular complexity index is 620. The number of benzene rings is 1. The van der Waals surface area contributed by atoms with E-state index in [-0.39, 0.29) is 0 Å². The van der Waals surface area contributed by atoms with Crippen LogP contribution >= 0.6 is 27.5 Å². The van der Waals surface area contributed by atoms with Crippen LogP contribution in [-0.4, -0.2) is 20.3 Å². The molecule has 0 fully saturated rings. The van der Waals surface area contributed by atoms with Crippen molar-refractivity contribution in [2.75, 3.05) is 19.0 Å². The van der Waals surface area contributed by atoms with E-state index in [0.717, 1.165) is 21.6 Å². The molecule has 0 unspecified atom stereocenters. The zero-order chi connectivity index (χ0) is 14.0. The number of nitrogens with zero attached hydrogens (tertiary/aromatic N) is 2. The predicted octanol–water partition coefficient (Wildman–Crippen LogP) is 4.82. The second kappa shape index (κ2) is 5.80. The van der Waals surface area contributed by atoms with Gasteiger partial charge in [-0.3, -0.25) is 4.99 Å². The second-order valence-electron chi connectivity index (χ2n) is 4.34. The van der Waals surface area contributed by atoms with Gasteiger partial charge in [0.25, 0.3) is 0 Å². The van der Waals surface area contributed by atoms with E-state index >= 15 is 0 Å². The minimum Gasteiger partial charge on any atom is -0.438 e. The van der Waals surface area contributed by atoms with Crippen LogP contribution in [0.3, 0.4) is 0 Å². The number of anilines is 1. The van der Waals surface area contributed by atoms with E-state index < -0.39 is 0 Å². The molecular formula is C14H14BrClN2O. The topological polar surface area (TPSA) is 28.7 Å². The van der Waals surface area contributed by atoms with Gasteiger partial charge < -0.3 is 9.32 Å². The van der Waals surface area contributed by atoms with E-state index in [1.54, 1.807) is 6.21 Å². The SMILES string of the molecule is Cc1c(Cl)cccc1N=Cc1cc(Br)c(N(C)C)o1. The average Bonchev–Trinajstić information content (AvgIpc) is 2.73. The summed E-state index contributed by atoms with van der Waals surface area (Å²) >= 11 is 9.51. The smallest absolute Gasteiger partial charge is 0.210 e. The van der Waals surface area contributed by atoms with Crippen LogP contribution in [-0.2, 0) is 0 Å². The number of halogens is 2. The van der Waals surface area contributed by atoms with Gasteiger partial charge in [-0.05, 0) is 40.5 Å². The van der Waals surface area contributed by atoms with Gasteiger partial charge in [0.2, 0.25) is 5.88 Å². The first kappa shape index (κ1) is 14.2. The predicted molar refractivity (Wildman–Crippen MR) is 84.2 cm³/mol.